The lowest BCUT2D eigenvalue weighted by atomic mass is 10.3. The standard InChI is InChI=1S/C6H5NO3/c8-6(9)5-1-3-7(10)4-2-5/h1-4H,(H-,8,9,10)/p+1. The number of hydrogen-bond acceptors (Lipinski definition) is 2. The van der Waals surface area contributed by atoms with Crippen LogP contribution in [-0.4, -0.2) is 16.3 Å². The molecule has 10 heavy (non-hydrogen) atoms. The van der Waals surface area contributed by atoms with Crippen LogP contribution in [0.1, 0.15) is 10.4 Å². The van der Waals surface area contributed by atoms with E-state index in [0.29, 0.717) is 0 Å². The van der Waals surface area contributed by atoms with Crippen LogP contribution < -0.4 is 4.73 Å². The van der Waals surface area contributed by atoms with Gasteiger partial charge in [-0.05, 0) is 0 Å². The quantitative estimate of drug-likeness (QED) is 0.423. The maximum Gasteiger partial charge on any atom is 0.336 e. The molecule has 1 aromatic heterocycles. The highest BCUT2D eigenvalue weighted by Gasteiger charge is 2.03. The second-order valence-corrected chi connectivity index (χ2v) is 1.77. The summed E-state index contributed by atoms with van der Waals surface area (Å²) in [4.78, 5) is 10.2. The topological polar surface area (TPSA) is 61.4 Å². The van der Waals surface area contributed by atoms with Gasteiger partial charge in [0, 0.05) is 16.9 Å². The first-order chi connectivity index (χ1) is 4.70. The number of aromatic carboxylic acids is 1. The summed E-state index contributed by atoms with van der Waals surface area (Å²) in [5, 5.41) is 17.0. The van der Waals surface area contributed by atoms with Gasteiger partial charge in [-0.2, -0.15) is 0 Å². The van der Waals surface area contributed by atoms with Gasteiger partial charge < -0.3 is 5.11 Å². The van der Waals surface area contributed by atoms with Gasteiger partial charge in [0.25, 0.3) is 0 Å². The molecule has 0 spiro atoms. The molecule has 0 atom stereocenters. The zero-order chi connectivity index (χ0) is 7.56. The van der Waals surface area contributed by atoms with Crippen molar-refractivity contribution in [3.8, 4) is 0 Å². The zero-order valence-corrected chi connectivity index (χ0v) is 5.06. The van der Waals surface area contributed by atoms with Crippen LogP contribution >= 0.6 is 0 Å². The minimum atomic E-state index is -0.999. The fraction of sp³-hybridized carbons (Fsp3) is 0. The molecule has 4 nitrogen and oxygen atoms in total. The molecule has 0 amide bonds. The van der Waals surface area contributed by atoms with Crippen molar-refractivity contribution in [3.63, 3.8) is 0 Å². The van der Waals surface area contributed by atoms with E-state index in [1.165, 1.54) is 24.5 Å². The minimum Gasteiger partial charge on any atom is -0.478 e. The van der Waals surface area contributed by atoms with E-state index in [0.717, 1.165) is 4.73 Å². The fourth-order valence-corrected chi connectivity index (χ4v) is 0.561. The number of aromatic nitrogens is 1. The number of carboxylic acid groups (broad SMARTS) is 1. The predicted molar refractivity (Wildman–Crippen MR) is 30.8 cm³/mol. The Morgan fingerprint density at radius 2 is 1.90 bits per heavy atom. The first-order valence-electron chi connectivity index (χ1n) is 2.64. The van der Waals surface area contributed by atoms with Crippen molar-refractivity contribution >= 4 is 5.97 Å². The monoisotopic (exact) mass is 140 g/mol. The van der Waals surface area contributed by atoms with Crippen molar-refractivity contribution in [2.24, 2.45) is 0 Å². The van der Waals surface area contributed by atoms with E-state index in [1.807, 2.05) is 0 Å². The summed E-state index contributed by atoms with van der Waals surface area (Å²) >= 11 is 0. The SMILES string of the molecule is O=C(O)c1cc[n+](O)cc1. The third-order valence-corrected chi connectivity index (χ3v) is 1.06. The van der Waals surface area contributed by atoms with Crippen molar-refractivity contribution in [1.82, 2.24) is 0 Å². The lowest BCUT2D eigenvalue weighted by Crippen LogP contribution is -2.28. The molecule has 0 aliphatic carbocycles. The summed E-state index contributed by atoms with van der Waals surface area (Å²) in [7, 11) is 0. The average molecular weight is 140 g/mol. The number of pyridine rings is 1. The maximum absolute atomic E-state index is 10.2. The Morgan fingerprint density at radius 3 is 2.30 bits per heavy atom. The average Bonchev–Trinajstić information content (AvgIpc) is 1.88. The molecule has 0 unspecified atom stereocenters. The van der Waals surface area contributed by atoms with Crippen LogP contribution in [0.15, 0.2) is 24.5 Å². The highest BCUT2D eigenvalue weighted by Crippen LogP contribution is 1.92. The molecule has 4 heteroatoms. The van der Waals surface area contributed by atoms with Gasteiger partial charge >= 0.3 is 5.97 Å². The van der Waals surface area contributed by atoms with Gasteiger partial charge in [0.15, 0.2) is 0 Å². The van der Waals surface area contributed by atoms with E-state index in [1.54, 1.807) is 0 Å². The molecular weight excluding hydrogens is 134 g/mol. The van der Waals surface area contributed by atoms with Crippen molar-refractivity contribution in [2.75, 3.05) is 0 Å². The van der Waals surface area contributed by atoms with Gasteiger partial charge in [-0.25, -0.2) is 4.79 Å². The summed E-state index contributed by atoms with van der Waals surface area (Å²) < 4.78 is 0.784. The minimum absolute atomic E-state index is 0.158. The van der Waals surface area contributed by atoms with Gasteiger partial charge in [-0.3, -0.25) is 5.21 Å². The zero-order valence-electron chi connectivity index (χ0n) is 5.06. The molecule has 0 saturated carbocycles. The predicted octanol–water partition coefficient (Wildman–Crippen LogP) is -0.0904. The Kier molecular flexibility index (Phi) is 1.53. The number of carbonyl (C=O) groups is 1. The van der Waals surface area contributed by atoms with Crippen LogP contribution in [0, 0.1) is 0 Å². The second kappa shape index (κ2) is 2.34. The van der Waals surface area contributed by atoms with E-state index in [2.05, 4.69) is 0 Å². The molecule has 1 heterocycles. The summed E-state index contributed by atoms with van der Waals surface area (Å²) in [6, 6.07) is 2.62. The largest absolute Gasteiger partial charge is 0.478 e. The van der Waals surface area contributed by atoms with Crippen LogP contribution in [-0.2, 0) is 0 Å². The van der Waals surface area contributed by atoms with E-state index >= 15 is 0 Å². The Labute approximate surface area is 56.9 Å². The summed E-state index contributed by atoms with van der Waals surface area (Å²) in [6.07, 6.45) is 2.51. The molecule has 0 aliphatic heterocycles. The molecule has 0 aliphatic rings. The highest BCUT2D eigenvalue weighted by molar-refractivity contribution is 5.87. The Morgan fingerprint density at radius 1 is 1.40 bits per heavy atom. The molecule has 0 aromatic carbocycles. The highest BCUT2D eigenvalue weighted by atomic mass is 16.5. The van der Waals surface area contributed by atoms with E-state index in [4.69, 9.17) is 10.3 Å². The third kappa shape index (κ3) is 1.22. The number of rotatable bonds is 1. The Balaban J connectivity index is 3.00. The number of nitrogens with zero attached hydrogens (tertiary/aromatic N) is 1. The van der Waals surface area contributed by atoms with Gasteiger partial charge in [0.1, 0.15) is 0 Å². The van der Waals surface area contributed by atoms with Gasteiger partial charge in [0.2, 0.25) is 12.4 Å². The van der Waals surface area contributed by atoms with Crippen LogP contribution in [0.2, 0.25) is 0 Å². The smallest absolute Gasteiger partial charge is 0.336 e. The lowest BCUT2D eigenvalue weighted by molar-refractivity contribution is -0.904. The van der Waals surface area contributed by atoms with Gasteiger partial charge in [-0.1, -0.05) is 0 Å². The van der Waals surface area contributed by atoms with E-state index < -0.39 is 5.97 Å². The molecule has 52 valence electrons. The Bertz CT molecular complexity index is 242. The molecule has 0 bridgehead atoms. The first-order valence-corrected chi connectivity index (χ1v) is 2.64. The van der Waals surface area contributed by atoms with Gasteiger partial charge in [-0.15, -0.1) is 0 Å². The fourth-order valence-electron chi connectivity index (χ4n) is 0.561. The third-order valence-electron chi connectivity index (χ3n) is 1.06. The molecule has 1 aromatic rings. The van der Waals surface area contributed by atoms with Crippen LogP contribution in [0.4, 0.5) is 0 Å². The molecule has 1 rings (SSSR count). The summed E-state index contributed by atoms with van der Waals surface area (Å²) in [6.45, 7) is 0. The van der Waals surface area contributed by atoms with Crippen molar-refractivity contribution in [2.45, 2.75) is 0 Å². The van der Waals surface area contributed by atoms with Crippen LogP contribution in [0.25, 0.3) is 0 Å². The molecular formula is C6H6NO3+. The van der Waals surface area contributed by atoms with Crippen molar-refractivity contribution < 1.29 is 19.8 Å². The van der Waals surface area contributed by atoms with E-state index in [-0.39, 0.29) is 5.56 Å². The number of carboxylic acids is 1. The number of hydrogen-bond donors (Lipinski definition) is 2. The summed E-state index contributed by atoms with van der Waals surface area (Å²) in [5.41, 5.74) is 0.158. The van der Waals surface area contributed by atoms with Crippen LogP contribution in [0.5, 0.6) is 0 Å². The van der Waals surface area contributed by atoms with Crippen molar-refractivity contribution in [1.29, 1.82) is 0 Å². The van der Waals surface area contributed by atoms with Crippen LogP contribution in [0.3, 0.4) is 0 Å². The van der Waals surface area contributed by atoms with Gasteiger partial charge in [0.05, 0.1) is 5.56 Å². The van der Waals surface area contributed by atoms with E-state index in [9.17, 15) is 4.79 Å². The second-order valence-electron chi connectivity index (χ2n) is 1.77. The first kappa shape index (κ1) is 6.54. The molecule has 0 saturated heterocycles. The molecule has 2 N–H and O–H groups in total. The van der Waals surface area contributed by atoms with Crippen molar-refractivity contribution in [3.05, 3.63) is 30.1 Å². The molecule has 0 radical (unpaired) electrons. The summed E-state index contributed by atoms with van der Waals surface area (Å²) in [5.74, 6) is -0.999. The normalized spacial score (nSPS) is 9.20. The maximum atomic E-state index is 10.2. The Hall–Kier alpha value is -1.58. The molecule has 0 fully saturated rings. The lowest BCUT2D eigenvalue weighted by Gasteiger charge is -1.87.